The van der Waals surface area contributed by atoms with Crippen LogP contribution in [-0.2, 0) is 15.9 Å². The van der Waals surface area contributed by atoms with Gasteiger partial charge < -0.3 is 15.2 Å². The van der Waals surface area contributed by atoms with Crippen LogP contribution in [0.5, 0.6) is 0 Å². The second kappa shape index (κ2) is 5.58. The van der Waals surface area contributed by atoms with Crippen molar-refractivity contribution in [2.45, 2.75) is 32.1 Å². The number of nitrogens with two attached hydrogens (primary N) is 1. The Morgan fingerprint density at radius 2 is 2.12 bits per heavy atom. The van der Waals surface area contributed by atoms with Gasteiger partial charge in [0.15, 0.2) is 6.29 Å². The molecule has 1 heterocycles. The topological polar surface area (TPSA) is 44.5 Å². The number of hydrogen-bond donors (Lipinski definition) is 1. The van der Waals surface area contributed by atoms with E-state index >= 15 is 0 Å². The van der Waals surface area contributed by atoms with Gasteiger partial charge in [0, 0.05) is 12.5 Å². The number of ether oxygens (including phenoxy) is 2. The van der Waals surface area contributed by atoms with Crippen molar-refractivity contribution in [1.82, 2.24) is 0 Å². The molecule has 1 unspecified atom stereocenters. The van der Waals surface area contributed by atoms with Gasteiger partial charge in [0.25, 0.3) is 0 Å². The van der Waals surface area contributed by atoms with Crippen LogP contribution in [0.4, 0.5) is 4.39 Å². The first-order valence-electron chi connectivity index (χ1n) is 5.89. The molecule has 0 amide bonds. The van der Waals surface area contributed by atoms with Crippen molar-refractivity contribution >= 4 is 0 Å². The summed E-state index contributed by atoms with van der Waals surface area (Å²) in [5.41, 5.74) is 8.04. The molecule has 3 nitrogen and oxygen atoms in total. The van der Waals surface area contributed by atoms with Crippen molar-refractivity contribution < 1.29 is 13.9 Å². The Hall–Kier alpha value is -0.970. The molecule has 1 fully saturated rings. The Kier molecular flexibility index (Phi) is 4.10. The van der Waals surface area contributed by atoms with Crippen molar-refractivity contribution in [1.29, 1.82) is 0 Å². The Morgan fingerprint density at radius 1 is 1.41 bits per heavy atom. The van der Waals surface area contributed by atoms with E-state index in [4.69, 9.17) is 15.2 Å². The van der Waals surface area contributed by atoms with Gasteiger partial charge in [0.2, 0.25) is 0 Å². The number of rotatable bonds is 4. The van der Waals surface area contributed by atoms with Crippen LogP contribution >= 0.6 is 0 Å². The van der Waals surface area contributed by atoms with Gasteiger partial charge >= 0.3 is 0 Å². The summed E-state index contributed by atoms with van der Waals surface area (Å²) in [5, 5.41) is 0. The fourth-order valence-electron chi connectivity index (χ4n) is 2.02. The van der Waals surface area contributed by atoms with Crippen molar-refractivity contribution in [3.63, 3.8) is 0 Å². The number of benzene rings is 1. The van der Waals surface area contributed by atoms with Gasteiger partial charge in [-0.05, 0) is 36.6 Å². The zero-order valence-electron chi connectivity index (χ0n) is 9.99. The molecule has 1 saturated heterocycles. The van der Waals surface area contributed by atoms with Gasteiger partial charge in [0.05, 0.1) is 13.2 Å². The van der Waals surface area contributed by atoms with Gasteiger partial charge in [-0.1, -0.05) is 6.07 Å². The quantitative estimate of drug-likeness (QED) is 0.870. The molecule has 0 aliphatic carbocycles. The molecular formula is C13H18FNO2. The molecule has 94 valence electrons. The second-order valence-corrected chi connectivity index (χ2v) is 4.44. The SMILES string of the molecule is Cc1ccc(F)cc1CC(N)CC1OCCO1. The average Bonchev–Trinajstić information content (AvgIpc) is 2.76. The fourth-order valence-corrected chi connectivity index (χ4v) is 2.02. The van der Waals surface area contributed by atoms with E-state index in [2.05, 4.69) is 0 Å². The third-order valence-corrected chi connectivity index (χ3v) is 2.98. The Labute approximate surface area is 101 Å². The van der Waals surface area contributed by atoms with Crippen molar-refractivity contribution in [2.75, 3.05) is 13.2 Å². The molecule has 0 aromatic heterocycles. The second-order valence-electron chi connectivity index (χ2n) is 4.44. The lowest BCUT2D eigenvalue weighted by Gasteiger charge is -2.16. The minimum Gasteiger partial charge on any atom is -0.350 e. The van der Waals surface area contributed by atoms with E-state index in [1.807, 2.05) is 6.92 Å². The van der Waals surface area contributed by atoms with Crippen molar-refractivity contribution in [3.05, 3.63) is 35.1 Å². The minimum absolute atomic E-state index is 0.0707. The third-order valence-electron chi connectivity index (χ3n) is 2.98. The summed E-state index contributed by atoms with van der Waals surface area (Å²) >= 11 is 0. The van der Waals surface area contributed by atoms with E-state index in [1.54, 1.807) is 12.1 Å². The van der Waals surface area contributed by atoms with Gasteiger partial charge in [0.1, 0.15) is 5.82 Å². The summed E-state index contributed by atoms with van der Waals surface area (Å²) in [4.78, 5) is 0. The predicted octanol–water partition coefficient (Wildman–Crippen LogP) is 1.77. The smallest absolute Gasteiger partial charge is 0.159 e. The maximum Gasteiger partial charge on any atom is 0.159 e. The number of hydrogen-bond acceptors (Lipinski definition) is 3. The molecule has 0 radical (unpaired) electrons. The normalized spacial score (nSPS) is 18.5. The lowest BCUT2D eigenvalue weighted by molar-refractivity contribution is -0.0504. The molecule has 1 aliphatic heterocycles. The van der Waals surface area contributed by atoms with Crippen LogP contribution in [0.15, 0.2) is 18.2 Å². The highest BCUT2D eigenvalue weighted by Gasteiger charge is 2.19. The molecule has 17 heavy (non-hydrogen) atoms. The molecule has 2 rings (SSSR count). The summed E-state index contributed by atoms with van der Waals surface area (Å²) < 4.78 is 23.8. The molecule has 1 atom stereocenters. The number of aryl methyl sites for hydroxylation is 1. The first kappa shape index (κ1) is 12.5. The maximum atomic E-state index is 13.1. The van der Waals surface area contributed by atoms with E-state index in [9.17, 15) is 4.39 Å². The lowest BCUT2D eigenvalue weighted by atomic mass is 9.99. The Bertz CT molecular complexity index is 378. The van der Waals surface area contributed by atoms with E-state index in [0.717, 1.165) is 11.1 Å². The van der Waals surface area contributed by atoms with Gasteiger partial charge in [-0.25, -0.2) is 4.39 Å². The standard InChI is InChI=1S/C13H18FNO2/c1-9-2-3-11(14)6-10(9)7-12(15)8-13-16-4-5-17-13/h2-3,6,12-13H,4-5,7-8,15H2,1H3. The predicted molar refractivity (Wildman–Crippen MR) is 63.1 cm³/mol. The van der Waals surface area contributed by atoms with Gasteiger partial charge in [-0.2, -0.15) is 0 Å². The molecular weight excluding hydrogens is 221 g/mol. The van der Waals surface area contributed by atoms with E-state index < -0.39 is 0 Å². The van der Waals surface area contributed by atoms with Crippen molar-refractivity contribution in [3.8, 4) is 0 Å². The van der Waals surface area contributed by atoms with Crippen LogP contribution in [0.25, 0.3) is 0 Å². The van der Waals surface area contributed by atoms with Crippen LogP contribution in [0.2, 0.25) is 0 Å². The van der Waals surface area contributed by atoms with E-state index in [1.165, 1.54) is 6.07 Å². The fraction of sp³-hybridized carbons (Fsp3) is 0.538. The zero-order valence-corrected chi connectivity index (χ0v) is 9.99. The maximum absolute atomic E-state index is 13.1. The third kappa shape index (κ3) is 3.49. The molecule has 1 aromatic rings. The highest BCUT2D eigenvalue weighted by molar-refractivity contribution is 5.27. The van der Waals surface area contributed by atoms with Crippen LogP contribution in [0, 0.1) is 12.7 Å². The number of halogens is 1. The van der Waals surface area contributed by atoms with Gasteiger partial charge in [-0.3, -0.25) is 0 Å². The van der Waals surface area contributed by atoms with E-state index in [0.29, 0.717) is 26.1 Å². The summed E-state index contributed by atoms with van der Waals surface area (Å²) in [6, 6.07) is 4.72. The molecule has 1 aliphatic rings. The largest absolute Gasteiger partial charge is 0.350 e. The molecule has 0 bridgehead atoms. The molecule has 2 N–H and O–H groups in total. The van der Waals surface area contributed by atoms with E-state index in [-0.39, 0.29) is 18.1 Å². The first-order valence-corrected chi connectivity index (χ1v) is 5.89. The minimum atomic E-state index is -0.217. The first-order chi connectivity index (χ1) is 8.15. The molecule has 1 aromatic carbocycles. The van der Waals surface area contributed by atoms with Crippen molar-refractivity contribution in [2.24, 2.45) is 5.73 Å². The highest BCUT2D eigenvalue weighted by Crippen LogP contribution is 2.16. The lowest BCUT2D eigenvalue weighted by Crippen LogP contribution is -2.29. The summed E-state index contributed by atoms with van der Waals surface area (Å²) in [6.45, 7) is 3.23. The summed E-state index contributed by atoms with van der Waals surface area (Å²) in [7, 11) is 0. The zero-order chi connectivity index (χ0) is 12.3. The van der Waals surface area contributed by atoms with Crippen LogP contribution in [-0.4, -0.2) is 25.5 Å². The monoisotopic (exact) mass is 239 g/mol. The van der Waals surface area contributed by atoms with Crippen LogP contribution in [0.1, 0.15) is 17.5 Å². The molecule has 0 saturated carbocycles. The average molecular weight is 239 g/mol. The Balaban J connectivity index is 1.92. The summed E-state index contributed by atoms with van der Waals surface area (Å²) in [5.74, 6) is -0.217. The Morgan fingerprint density at radius 3 is 2.82 bits per heavy atom. The summed E-state index contributed by atoms with van der Waals surface area (Å²) in [6.07, 6.45) is 1.10. The highest BCUT2D eigenvalue weighted by atomic mass is 19.1. The van der Waals surface area contributed by atoms with Crippen LogP contribution in [0.3, 0.4) is 0 Å². The van der Waals surface area contributed by atoms with Crippen LogP contribution < -0.4 is 5.73 Å². The van der Waals surface area contributed by atoms with Gasteiger partial charge in [-0.15, -0.1) is 0 Å². The molecule has 0 spiro atoms. The molecule has 4 heteroatoms.